The zero-order valence-corrected chi connectivity index (χ0v) is 15.2. The van der Waals surface area contributed by atoms with Gasteiger partial charge in [0.2, 0.25) is 0 Å². The monoisotopic (exact) mass is 362 g/mol. The third-order valence-electron chi connectivity index (χ3n) is 4.28. The highest BCUT2D eigenvalue weighted by Crippen LogP contribution is 2.12. The van der Waals surface area contributed by atoms with Crippen LogP contribution in [0, 0.1) is 0 Å². The van der Waals surface area contributed by atoms with Crippen molar-refractivity contribution < 1.29 is 14.0 Å². The molecule has 2 amide bonds. The molecule has 27 heavy (non-hydrogen) atoms. The van der Waals surface area contributed by atoms with Crippen LogP contribution in [0.25, 0.3) is 0 Å². The number of rotatable bonds is 7. The van der Waals surface area contributed by atoms with Gasteiger partial charge in [-0.3, -0.25) is 9.59 Å². The number of hydrogen-bond acceptors (Lipinski definition) is 3. The Morgan fingerprint density at radius 2 is 1.63 bits per heavy atom. The minimum atomic E-state index is -0.206. The van der Waals surface area contributed by atoms with Crippen molar-refractivity contribution >= 4 is 11.8 Å². The third kappa shape index (κ3) is 4.85. The van der Waals surface area contributed by atoms with Gasteiger partial charge < -0.3 is 14.6 Å². The van der Waals surface area contributed by atoms with E-state index in [0.717, 1.165) is 5.56 Å². The predicted molar refractivity (Wildman–Crippen MR) is 103 cm³/mol. The number of nitrogens with one attached hydrogen (secondary N) is 1. The van der Waals surface area contributed by atoms with E-state index < -0.39 is 0 Å². The molecule has 0 bridgehead atoms. The van der Waals surface area contributed by atoms with Gasteiger partial charge in [0.1, 0.15) is 5.76 Å². The Labute approximate surface area is 158 Å². The molecule has 0 radical (unpaired) electrons. The highest BCUT2D eigenvalue weighted by atomic mass is 16.3. The topological polar surface area (TPSA) is 62.6 Å². The van der Waals surface area contributed by atoms with E-state index in [0.29, 0.717) is 36.5 Å². The van der Waals surface area contributed by atoms with E-state index in [1.54, 1.807) is 47.6 Å². The molecule has 1 heterocycles. The van der Waals surface area contributed by atoms with E-state index in [1.807, 2.05) is 37.3 Å². The van der Waals surface area contributed by atoms with E-state index in [9.17, 15) is 9.59 Å². The van der Waals surface area contributed by atoms with Crippen LogP contribution in [0.1, 0.15) is 39.0 Å². The summed E-state index contributed by atoms with van der Waals surface area (Å²) in [5.74, 6) is 0.431. The Hall–Kier alpha value is -3.34. The largest absolute Gasteiger partial charge is 0.467 e. The summed E-state index contributed by atoms with van der Waals surface area (Å²) in [4.78, 5) is 26.7. The molecule has 0 saturated heterocycles. The highest BCUT2D eigenvalue weighted by molar-refractivity contribution is 5.97. The second-order valence-corrected chi connectivity index (χ2v) is 6.14. The maximum Gasteiger partial charge on any atom is 0.254 e. The van der Waals surface area contributed by atoms with Crippen molar-refractivity contribution in [1.29, 1.82) is 0 Å². The molecule has 0 atom stereocenters. The zero-order chi connectivity index (χ0) is 19.1. The minimum absolute atomic E-state index is 0.0519. The van der Waals surface area contributed by atoms with Crippen LogP contribution in [0.15, 0.2) is 77.4 Å². The number of carbonyl (C=O) groups is 2. The average Bonchev–Trinajstić information content (AvgIpc) is 3.24. The first-order chi connectivity index (χ1) is 13.2. The van der Waals surface area contributed by atoms with Crippen LogP contribution in [0.2, 0.25) is 0 Å². The Bertz CT molecular complexity index is 872. The van der Waals surface area contributed by atoms with Crippen molar-refractivity contribution in [2.45, 2.75) is 20.0 Å². The number of amides is 2. The molecule has 2 aromatic carbocycles. The fourth-order valence-corrected chi connectivity index (χ4v) is 2.76. The third-order valence-corrected chi connectivity index (χ3v) is 4.28. The first-order valence-corrected chi connectivity index (χ1v) is 8.91. The lowest BCUT2D eigenvalue weighted by molar-refractivity contribution is 0.0752. The zero-order valence-electron chi connectivity index (χ0n) is 15.2. The van der Waals surface area contributed by atoms with Crippen molar-refractivity contribution in [2.24, 2.45) is 0 Å². The number of benzene rings is 2. The van der Waals surface area contributed by atoms with Gasteiger partial charge in [-0.15, -0.1) is 0 Å². The standard InChI is InChI=1S/C22H22N2O3/c1-2-24(16-17-7-4-3-5-8-17)22(26)19-12-10-18(11-13-19)21(25)23-15-20-9-6-14-27-20/h3-14H,2,15-16H2,1H3,(H,23,25). The van der Waals surface area contributed by atoms with E-state index in [1.165, 1.54) is 0 Å². The van der Waals surface area contributed by atoms with Crippen LogP contribution in [0.3, 0.4) is 0 Å². The Kier molecular flexibility index (Phi) is 6.05. The smallest absolute Gasteiger partial charge is 0.254 e. The summed E-state index contributed by atoms with van der Waals surface area (Å²) in [5, 5.41) is 2.79. The van der Waals surface area contributed by atoms with Crippen molar-refractivity contribution in [3.8, 4) is 0 Å². The second-order valence-electron chi connectivity index (χ2n) is 6.14. The highest BCUT2D eigenvalue weighted by Gasteiger charge is 2.15. The Balaban J connectivity index is 1.62. The van der Waals surface area contributed by atoms with E-state index in [4.69, 9.17) is 4.42 Å². The van der Waals surface area contributed by atoms with Gasteiger partial charge in [0.05, 0.1) is 12.8 Å². The molecule has 0 saturated carbocycles. The lowest BCUT2D eigenvalue weighted by Crippen LogP contribution is -2.30. The quantitative estimate of drug-likeness (QED) is 0.694. The average molecular weight is 362 g/mol. The fraction of sp³-hybridized carbons (Fsp3) is 0.182. The number of hydrogen-bond donors (Lipinski definition) is 1. The maximum absolute atomic E-state index is 12.8. The van der Waals surface area contributed by atoms with Crippen LogP contribution in [0.4, 0.5) is 0 Å². The van der Waals surface area contributed by atoms with Gasteiger partial charge in [-0.2, -0.15) is 0 Å². The summed E-state index contributed by atoms with van der Waals surface area (Å²) in [6.07, 6.45) is 1.57. The number of carbonyl (C=O) groups excluding carboxylic acids is 2. The van der Waals surface area contributed by atoms with Crippen LogP contribution in [-0.4, -0.2) is 23.3 Å². The first-order valence-electron chi connectivity index (χ1n) is 8.91. The molecular weight excluding hydrogens is 340 g/mol. The van der Waals surface area contributed by atoms with Crippen LogP contribution in [0.5, 0.6) is 0 Å². The molecule has 0 aliphatic carbocycles. The molecule has 1 N–H and O–H groups in total. The molecule has 0 fully saturated rings. The molecule has 5 nitrogen and oxygen atoms in total. The Morgan fingerprint density at radius 1 is 0.926 bits per heavy atom. The summed E-state index contributed by atoms with van der Waals surface area (Å²) in [5.41, 5.74) is 2.15. The van der Waals surface area contributed by atoms with Crippen molar-refractivity contribution in [3.05, 3.63) is 95.4 Å². The lowest BCUT2D eigenvalue weighted by atomic mass is 10.1. The molecular formula is C22H22N2O3. The lowest BCUT2D eigenvalue weighted by Gasteiger charge is -2.21. The van der Waals surface area contributed by atoms with E-state index in [2.05, 4.69) is 5.32 Å². The normalized spacial score (nSPS) is 10.4. The van der Waals surface area contributed by atoms with E-state index in [-0.39, 0.29) is 11.8 Å². The van der Waals surface area contributed by atoms with Gasteiger partial charge in [-0.1, -0.05) is 30.3 Å². The first kappa shape index (κ1) is 18.5. The Morgan fingerprint density at radius 3 is 2.26 bits per heavy atom. The molecule has 138 valence electrons. The second kappa shape index (κ2) is 8.85. The predicted octanol–water partition coefficient (Wildman–Crippen LogP) is 3.87. The summed E-state index contributed by atoms with van der Waals surface area (Å²) < 4.78 is 5.19. The van der Waals surface area contributed by atoms with Gasteiger partial charge in [0.25, 0.3) is 11.8 Å². The molecule has 3 rings (SSSR count). The summed E-state index contributed by atoms with van der Waals surface area (Å²) in [7, 11) is 0. The van der Waals surface area contributed by atoms with Gasteiger partial charge >= 0.3 is 0 Å². The summed E-state index contributed by atoms with van der Waals surface area (Å²) in [6.45, 7) is 3.45. The van der Waals surface area contributed by atoms with Crippen LogP contribution >= 0.6 is 0 Å². The molecule has 0 unspecified atom stereocenters. The molecule has 3 aromatic rings. The molecule has 0 aliphatic rings. The van der Waals surface area contributed by atoms with Crippen LogP contribution < -0.4 is 5.32 Å². The maximum atomic E-state index is 12.8. The molecule has 1 aromatic heterocycles. The summed E-state index contributed by atoms with van der Waals surface area (Å²) >= 11 is 0. The van der Waals surface area contributed by atoms with Crippen LogP contribution in [-0.2, 0) is 13.1 Å². The van der Waals surface area contributed by atoms with Gasteiger partial charge in [0, 0.05) is 24.2 Å². The van der Waals surface area contributed by atoms with Crippen molar-refractivity contribution in [2.75, 3.05) is 6.54 Å². The molecule has 5 heteroatoms. The van der Waals surface area contributed by atoms with Gasteiger partial charge in [0.15, 0.2) is 0 Å². The number of nitrogens with zero attached hydrogens (tertiary/aromatic N) is 1. The summed E-state index contributed by atoms with van der Waals surface area (Å²) in [6, 6.07) is 20.2. The SMILES string of the molecule is CCN(Cc1ccccc1)C(=O)c1ccc(C(=O)NCc2ccco2)cc1. The van der Waals surface area contributed by atoms with E-state index >= 15 is 0 Å². The molecule has 0 aliphatic heterocycles. The van der Waals surface area contributed by atoms with Crippen molar-refractivity contribution in [1.82, 2.24) is 10.2 Å². The van der Waals surface area contributed by atoms with Gasteiger partial charge in [-0.25, -0.2) is 0 Å². The van der Waals surface area contributed by atoms with Gasteiger partial charge in [-0.05, 0) is 48.9 Å². The molecule has 0 spiro atoms. The minimum Gasteiger partial charge on any atom is -0.467 e. The number of furan rings is 1. The van der Waals surface area contributed by atoms with Crippen molar-refractivity contribution in [3.63, 3.8) is 0 Å². The fourth-order valence-electron chi connectivity index (χ4n) is 2.76.